The lowest BCUT2D eigenvalue weighted by atomic mass is 9.57. The normalized spacial score (nSPS) is 46.7. The number of ether oxygens (including phenoxy) is 1. The number of aliphatic hydroxyl groups excluding tert-OH is 1. The van der Waals surface area contributed by atoms with E-state index in [4.69, 9.17) is 4.74 Å². The molecule has 0 aromatic rings. The standard InChI is InChI=1S/C21H36O3/c1-14-7-8-18-16(5-4-6-17(23)13-14)11-12-21(3)19(18)9-10-20(21)24-15(2)22/h14,16-20,23H,4-13H2,1-3H3/t14?,16?,17?,18?,19?,20-,21-/m0/s1. The van der Waals surface area contributed by atoms with Gasteiger partial charge < -0.3 is 9.84 Å². The second kappa shape index (κ2) is 7.35. The maximum atomic E-state index is 11.5. The van der Waals surface area contributed by atoms with Crippen molar-refractivity contribution in [2.45, 2.75) is 97.2 Å². The van der Waals surface area contributed by atoms with Crippen molar-refractivity contribution in [3.63, 3.8) is 0 Å². The van der Waals surface area contributed by atoms with Gasteiger partial charge in [-0.25, -0.2) is 0 Å². The predicted molar refractivity (Wildman–Crippen MR) is 95.5 cm³/mol. The highest BCUT2D eigenvalue weighted by molar-refractivity contribution is 5.66. The number of aliphatic hydroxyl groups is 1. The van der Waals surface area contributed by atoms with Crippen LogP contribution < -0.4 is 0 Å². The fourth-order valence-electron chi connectivity index (χ4n) is 6.30. The van der Waals surface area contributed by atoms with Crippen LogP contribution in [0, 0.1) is 29.1 Å². The minimum Gasteiger partial charge on any atom is -0.462 e. The minimum atomic E-state index is -0.113. The second-order valence-electron chi connectivity index (χ2n) is 9.25. The Labute approximate surface area is 147 Å². The number of rotatable bonds is 1. The summed E-state index contributed by atoms with van der Waals surface area (Å²) in [6.45, 7) is 6.25. The summed E-state index contributed by atoms with van der Waals surface area (Å²) in [6, 6.07) is 0. The first kappa shape index (κ1) is 18.2. The van der Waals surface area contributed by atoms with Crippen LogP contribution in [0.3, 0.4) is 0 Å². The molecule has 24 heavy (non-hydrogen) atoms. The van der Waals surface area contributed by atoms with Crippen LogP contribution in [0.25, 0.3) is 0 Å². The lowest BCUT2D eigenvalue weighted by molar-refractivity contribution is -0.155. The summed E-state index contributed by atoms with van der Waals surface area (Å²) in [5, 5.41) is 10.2. The van der Waals surface area contributed by atoms with Crippen molar-refractivity contribution in [1.82, 2.24) is 0 Å². The molecule has 3 aliphatic rings. The number of carbonyl (C=O) groups is 1. The van der Waals surface area contributed by atoms with Gasteiger partial charge in [0, 0.05) is 12.3 Å². The van der Waals surface area contributed by atoms with Gasteiger partial charge in [-0.05, 0) is 68.6 Å². The summed E-state index contributed by atoms with van der Waals surface area (Å²) in [5.41, 5.74) is 0.194. The van der Waals surface area contributed by atoms with Crippen LogP contribution >= 0.6 is 0 Å². The third kappa shape index (κ3) is 3.66. The Kier molecular flexibility index (Phi) is 5.58. The summed E-state index contributed by atoms with van der Waals surface area (Å²) in [4.78, 5) is 11.5. The van der Waals surface area contributed by atoms with Crippen LogP contribution in [-0.4, -0.2) is 23.3 Å². The van der Waals surface area contributed by atoms with Crippen LogP contribution in [0.2, 0.25) is 0 Å². The van der Waals surface area contributed by atoms with Gasteiger partial charge in [0.15, 0.2) is 0 Å². The molecule has 3 aliphatic carbocycles. The van der Waals surface area contributed by atoms with Gasteiger partial charge in [0.05, 0.1) is 6.10 Å². The third-order valence-corrected chi connectivity index (χ3v) is 7.59. The van der Waals surface area contributed by atoms with E-state index in [1.54, 1.807) is 6.92 Å². The molecule has 3 nitrogen and oxygen atoms in total. The number of esters is 1. The highest BCUT2D eigenvalue weighted by Gasteiger charge is 2.54. The zero-order valence-corrected chi connectivity index (χ0v) is 15.8. The van der Waals surface area contributed by atoms with Crippen molar-refractivity contribution in [1.29, 1.82) is 0 Å². The summed E-state index contributed by atoms with van der Waals surface area (Å²) in [6.07, 6.45) is 11.7. The van der Waals surface area contributed by atoms with E-state index in [1.165, 1.54) is 44.9 Å². The largest absolute Gasteiger partial charge is 0.462 e. The zero-order valence-electron chi connectivity index (χ0n) is 15.8. The first-order valence-corrected chi connectivity index (χ1v) is 10.3. The van der Waals surface area contributed by atoms with E-state index in [0.717, 1.165) is 37.0 Å². The Morgan fingerprint density at radius 1 is 1.08 bits per heavy atom. The van der Waals surface area contributed by atoms with Crippen LogP contribution in [0.5, 0.6) is 0 Å². The van der Waals surface area contributed by atoms with Crippen molar-refractivity contribution < 1.29 is 14.6 Å². The van der Waals surface area contributed by atoms with Crippen molar-refractivity contribution in [2.24, 2.45) is 29.1 Å². The maximum Gasteiger partial charge on any atom is 0.302 e. The maximum absolute atomic E-state index is 11.5. The number of hydrogen-bond acceptors (Lipinski definition) is 3. The van der Waals surface area contributed by atoms with Gasteiger partial charge in [0.1, 0.15) is 6.10 Å². The molecular formula is C21H36O3. The molecule has 0 heterocycles. The molecule has 0 saturated heterocycles. The molecular weight excluding hydrogens is 300 g/mol. The first-order chi connectivity index (χ1) is 11.4. The van der Waals surface area contributed by atoms with Crippen LogP contribution in [0.1, 0.15) is 85.0 Å². The fraction of sp³-hybridized carbons (Fsp3) is 0.952. The molecule has 138 valence electrons. The molecule has 0 aromatic heterocycles. The van der Waals surface area contributed by atoms with Gasteiger partial charge in [-0.3, -0.25) is 4.79 Å². The zero-order chi connectivity index (χ0) is 17.3. The van der Waals surface area contributed by atoms with E-state index in [1.807, 2.05) is 0 Å². The predicted octanol–water partition coefficient (Wildman–Crippen LogP) is 4.71. The van der Waals surface area contributed by atoms with Gasteiger partial charge in [-0.1, -0.05) is 33.1 Å². The van der Waals surface area contributed by atoms with Crippen molar-refractivity contribution in [3.05, 3.63) is 0 Å². The van der Waals surface area contributed by atoms with Gasteiger partial charge in [-0.2, -0.15) is 0 Å². The molecule has 0 radical (unpaired) electrons. The minimum absolute atomic E-state index is 0.0924. The Morgan fingerprint density at radius 3 is 2.62 bits per heavy atom. The van der Waals surface area contributed by atoms with Gasteiger partial charge in [-0.15, -0.1) is 0 Å². The van der Waals surface area contributed by atoms with Crippen LogP contribution in [0.15, 0.2) is 0 Å². The quantitative estimate of drug-likeness (QED) is 0.705. The molecule has 3 fully saturated rings. The van der Waals surface area contributed by atoms with Crippen molar-refractivity contribution >= 4 is 5.97 Å². The summed E-state index contributed by atoms with van der Waals surface area (Å²) >= 11 is 0. The lowest BCUT2D eigenvalue weighted by Crippen LogP contribution is -2.44. The molecule has 3 rings (SSSR count). The third-order valence-electron chi connectivity index (χ3n) is 7.59. The summed E-state index contributed by atoms with van der Waals surface area (Å²) in [7, 11) is 0. The molecule has 5 unspecified atom stereocenters. The number of carbonyl (C=O) groups excluding carboxylic acids is 1. The summed E-state index contributed by atoms with van der Waals surface area (Å²) in [5.74, 6) is 2.84. The van der Waals surface area contributed by atoms with E-state index in [-0.39, 0.29) is 23.6 Å². The molecule has 1 N–H and O–H groups in total. The van der Waals surface area contributed by atoms with E-state index in [9.17, 15) is 9.90 Å². The van der Waals surface area contributed by atoms with Crippen LogP contribution in [0.4, 0.5) is 0 Å². The molecule has 0 aromatic carbocycles. The lowest BCUT2D eigenvalue weighted by Gasteiger charge is -2.49. The second-order valence-corrected chi connectivity index (χ2v) is 9.25. The van der Waals surface area contributed by atoms with E-state index in [2.05, 4.69) is 13.8 Å². The average molecular weight is 337 g/mol. The van der Waals surface area contributed by atoms with E-state index >= 15 is 0 Å². The van der Waals surface area contributed by atoms with E-state index < -0.39 is 0 Å². The van der Waals surface area contributed by atoms with Crippen LogP contribution in [-0.2, 0) is 9.53 Å². The average Bonchev–Trinajstić information content (AvgIpc) is 2.82. The molecule has 7 atom stereocenters. The highest BCUT2D eigenvalue weighted by Crippen LogP contribution is 2.59. The Balaban J connectivity index is 1.74. The smallest absolute Gasteiger partial charge is 0.302 e. The molecule has 3 saturated carbocycles. The monoisotopic (exact) mass is 336 g/mol. The molecule has 0 spiro atoms. The van der Waals surface area contributed by atoms with Crippen molar-refractivity contribution in [2.75, 3.05) is 0 Å². The van der Waals surface area contributed by atoms with Gasteiger partial charge in [0.2, 0.25) is 0 Å². The van der Waals surface area contributed by atoms with Crippen molar-refractivity contribution in [3.8, 4) is 0 Å². The molecule has 0 aliphatic heterocycles. The van der Waals surface area contributed by atoms with E-state index in [0.29, 0.717) is 5.92 Å². The number of hydrogen-bond donors (Lipinski definition) is 1. The number of fused-ring (bicyclic) bond motifs is 3. The molecule has 3 heteroatoms. The fourth-order valence-corrected chi connectivity index (χ4v) is 6.30. The Morgan fingerprint density at radius 2 is 1.88 bits per heavy atom. The van der Waals surface area contributed by atoms with Gasteiger partial charge in [0.25, 0.3) is 0 Å². The SMILES string of the molecule is CC(=O)O[C@H]1CCC2C3CCC(C)CC(O)CCCC3CC[C@@]21C. The molecule has 0 amide bonds. The Hall–Kier alpha value is -0.570. The first-order valence-electron chi connectivity index (χ1n) is 10.3. The Bertz CT molecular complexity index is 448. The highest BCUT2D eigenvalue weighted by atomic mass is 16.5. The van der Waals surface area contributed by atoms with Gasteiger partial charge >= 0.3 is 5.97 Å². The molecule has 0 bridgehead atoms. The summed E-state index contributed by atoms with van der Waals surface area (Å²) < 4.78 is 5.73. The topological polar surface area (TPSA) is 46.5 Å².